The summed E-state index contributed by atoms with van der Waals surface area (Å²) in [5, 5.41) is 2.55. The molecule has 0 unspecified atom stereocenters. The average molecular weight is 384 g/mol. The lowest BCUT2D eigenvalue weighted by Gasteiger charge is -2.08. The number of hydrogen-bond acceptors (Lipinski definition) is 3. The highest BCUT2D eigenvalue weighted by molar-refractivity contribution is 9.10. The minimum absolute atomic E-state index is 0.432. The Morgan fingerprint density at radius 3 is 2.57 bits per heavy atom. The van der Waals surface area contributed by atoms with Crippen molar-refractivity contribution in [1.29, 1.82) is 0 Å². The molecule has 0 heterocycles. The summed E-state index contributed by atoms with van der Waals surface area (Å²) in [6.45, 7) is 1.28. The molecule has 2 aromatic carbocycles. The van der Waals surface area contributed by atoms with Crippen molar-refractivity contribution in [2.24, 2.45) is 0 Å². The van der Waals surface area contributed by atoms with Crippen molar-refractivity contribution >= 4 is 33.5 Å². The molecule has 1 amide bonds. The van der Waals surface area contributed by atoms with Crippen LogP contribution in [0.25, 0.3) is 0 Å². The Hall–Kier alpha value is -2.28. The SMILES string of the molecule is Cc1cc(NC(=O)COC(=O)c2ccc(F)cc2F)ccc1Br. The molecule has 23 heavy (non-hydrogen) atoms. The highest BCUT2D eigenvalue weighted by Crippen LogP contribution is 2.20. The number of hydrogen-bond donors (Lipinski definition) is 1. The van der Waals surface area contributed by atoms with Gasteiger partial charge in [0.1, 0.15) is 11.6 Å². The van der Waals surface area contributed by atoms with Crippen LogP contribution in [0.4, 0.5) is 14.5 Å². The van der Waals surface area contributed by atoms with Crippen molar-refractivity contribution in [2.75, 3.05) is 11.9 Å². The number of rotatable bonds is 4. The van der Waals surface area contributed by atoms with E-state index in [-0.39, 0.29) is 0 Å². The third-order valence-corrected chi connectivity index (χ3v) is 3.82. The Kier molecular flexibility index (Phi) is 5.44. The first-order chi connectivity index (χ1) is 10.9. The summed E-state index contributed by atoms with van der Waals surface area (Å²) >= 11 is 3.34. The van der Waals surface area contributed by atoms with E-state index in [0.717, 1.165) is 22.2 Å². The van der Waals surface area contributed by atoms with Crippen molar-refractivity contribution in [3.05, 3.63) is 63.6 Å². The zero-order chi connectivity index (χ0) is 17.0. The van der Waals surface area contributed by atoms with Crippen LogP contribution >= 0.6 is 15.9 Å². The van der Waals surface area contributed by atoms with Gasteiger partial charge in [0.15, 0.2) is 6.61 Å². The second-order valence-corrected chi connectivity index (χ2v) is 5.57. The minimum Gasteiger partial charge on any atom is -0.452 e. The van der Waals surface area contributed by atoms with E-state index in [9.17, 15) is 18.4 Å². The fourth-order valence-corrected chi connectivity index (χ4v) is 2.03. The molecule has 0 radical (unpaired) electrons. The first-order valence-corrected chi connectivity index (χ1v) is 7.34. The Morgan fingerprint density at radius 2 is 1.91 bits per heavy atom. The largest absolute Gasteiger partial charge is 0.452 e. The van der Waals surface area contributed by atoms with E-state index in [1.807, 2.05) is 6.92 Å². The maximum absolute atomic E-state index is 13.4. The average Bonchev–Trinajstić information content (AvgIpc) is 2.48. The van der Waals surface area contributed by atoms with Gasteiger partial charge in [0.2, 0.25) is 0 Å². The number of carbonyl (C=O) groups excluding carboxylic acids is 2. The van der Waals surface area contributed by atoms with Gasteiger partial charge in [-0.2, -0.15) is 0 Å². The molecular formula is C16H12BrF2NO3. The number of carbonyl (C=O) groups is 2. The molecule has 2 aromatic rings. The van der Waals surface area contributed by atoms with Gasteiger partial charge in [-0.15, -0.1) is 0 Å². The van der Waals surface area contributed by atoms with E-state index in [2.05, 4.69) is 21.2 Å². The van der Waals surface area contributed by atoms with Crippen LogP contribution in [0, 0.1) is 18.6 Å². The van der Waals surface area contributed by atoms with Crippen molar-refractivity contribution in [2.45, 2.75) is 6.92 Å². The summed E-state index contributed by atoms with van der Waals surface area (Å²) in [5.41, 5.74) is 1.03. The number of aryl methyl sites for hydroxylation is 1. The van der Waals surface area contributed by atoms with Crippen LogP contribution < -0.4 is 5.32 Å². The van der Waals surface area contributed by atoms with Crippen LogP contribution in [0.1, 0.15) is 15.9 Å². The molecule has 0 saturated carbocycles. The van der Waals surface area contributed by atoms with Crippen LogP contribution in [0.5, 0.6) is 0 Å². The fourth-order valence-electron chi connectivity index (χ4n) is 1.78. The maximum atomic E-state index is 13.4. The zero-order valence-electron chi connectivity index (χ0n) is 12.0. The summed E-state index contributed by atoms with van der Waals surface area (Å²) in [6, 6.07) is 7.65. The highest BCUT2D eigenvalue weighted by atomic mass is 79.9. The summed E-state index contributed by atoms with van der Waals surface area (Å²) in [4.78, 5) is 23.4. The van der Waals surface area contributed by atoms with E-state index in [1.54, 1.807) is 18.2 Å². The topological polar surface area (TPSA) is 55.4 Å². The van der Waals surface area contributed by atoms with Crippen LogP contribution in [-0.2, 0) is 9.53 Å². The molecule has 0 fully saturated rings. The van der Waals surface area contributed by atoms with Gasteiger partial charge in [-0.1, -0.05) is 15.9 Å². The zero-order valence-corrected chi connectivity index (χ0v) is 13.6. The Labute approximate surface area is 139 Å². The molecule has 0 aliphatic carbocycles. The first-order valence-electron chi connectivity index (χ1n) is 6.55. The van der Waals surface area contributed by atoms with Gasteiger partial charge in [0, 0.05) is 16.2 Å². The summed E-state index contributed by atoms with van der Waals surface area (Å²) in [5.74, 6) is -3.45. The third-order valence-electron chi connectivity index (χ3n) is 2.93. The maximum Gasteiger partial charge on any atom is 0.341 e. The van der Waals surface area contributed by atoms with Gasteiger partial charge in [-0.25, -0.2) is 13.6 Å². The lowest BCUT2D eigenvalue weighted by molar-refractivity contribution is -0.119. The molecular weight excluding hydrogens is 372 g/mol. The monoisotopic (exact) mass is 383 g/mol. The van der Waals surface area contributed by atoms with Gasteiger partial charge >= 0.3 is 5.97 Å². The number of halogens is 3. The predicted molar refractivity (Wildman–Crippen MR) is 84.1 cm³/mol. The molecule has 2 rings (SSSR count). The van der Waals surface area contributed by atoms with E-state index >= 15 is 0 Å². The third kappa shape index (κ3) is 4.59. The van der Waals surface area contributed by atoms with Crippen LogP contribution in [0.3, 0.4) is 0 Å². The van der Waals surface area contributed by atoms with Crippen molar-refractivity contribution < 1.29 is 23.1 Å². The number of nitrogens with one attached hydrogen (secondary N) is 1. The molecule has 0 aliphatic heterocycles. The quantitative estimate of drug-likeness (QED) is 0.816. The Morgan fingerprint density at radius 1 is 1.17 bits per heavy atom. The molecule has 0 spiro atoms. The highest BCUT2D eigenvalue weighted by Gasteiger charge is 2.15. The smallest absolute Gasteiger partial charge is 0.341 e. The van der Waals surface area contributed by atoms with E-state index in [0.29, 0.717) is 11.8 Å². The first kappa shape index (κ1) is 17.1. The number of benzene rings is 2. The Bertz CT molecular complexity index is 765. The normalized spacial score (nSPS) is 10.3. The molecule has 120 valence electrons. The molecule has 0 atom stereocenters. The minimum atomic E-state index is -1.04. The summed E-state index contributed by atoms with van der Waals surface area (Å²) in [7, 11) is 0. The fraction of sp³-hybridized carbons (Fsp3) is 0.125. The van der Waals surface area contributed by atoms with E-state index in [4.69, 9.17) is 4.74 Å². The Balaban J connectivity index is 1.93. The van der Waals surface area contributed by atoms with Gasteiger partial charge in [0.05, 0.1) is 5.56 Å². The summed E-state index contributed by atoms with van der Waals surface area (Å²) < 4.78 is 31.8. The molecule has 0 aromatic heterocycles. The molecule has 7 heteroatoms. The molecule has 0 bridgehead atoms. The number of esters is 1. The molecule has 4 nitrogen and oxygen atoms in total. The van der Waals surface area contributed by atoms with Gasteiger partial charge in [0.25, 0.3) is 5.91 Å². The molecule has 0 aliphatic rings. The van der Waals surface area contributed by atoms with E-state index < -0.39 is 35.7 Å². The van der Waals surface area contributed by atoms with Gasteiger partial charge in [-0.3, -0.25) is 4.79 Å². The van der Waals surface area contributed by atoms with Crippen LogP contribution in [0.15, 0.2) is 40.9 Å². The lowest BCUT2D eigenvalue weighted by Crippen LogP contribution is -2.21. The molecule has 1 N–H and O–H groups in total. The van der Waals surface area contributed by atoms with Gasteiger partial charge in [-0.05, 0) is 42.8 Å². The predicted octanol–water partition coefficient (Wildman–Crippen LogP) is 3.83. The lowest BCUT2D eigenvalue weighted by atomic mass is 10.2. The standard InChI is InChI=1S/C16H12BrF2NO3/c1-9-6-11(3-5-13(9)17)20-15(21)8-23-16(22)12-4-2-10(18)7-14(12)19/h2-7H,8H2,1H3,(H,20,21). The number of ether oxygens (including phenoxy) is 1. The van der Waals surface area contributed by atoms with Crippen molar-refractivity contribution in [1.82, 2.24) is 0 Å². The van der Waals surface area contributed by atoms with Crippen LogP contribution in [0.2, 0.25) is 0 Å². The van der Waals surface area contributed by atoms with Crippen molar-refractivity contribution in [3.63, 3.8) is 0 Å². The second kappa shape index (κ2) is 7.32. The van der Waals surface area contributed by atoms with Crippen LogP contribution in [-0.4, -0.2) is 18.5 Å². The summed E-state index contributed by atoms with van der Waals surface area (Å²) in [6.07, 6.45) is 0. The number of anilines is 1. The van der Waals surface area contributed by atoms with Gasteiger partial charge < -0.3 is 10.1 Å². The van der Waals surface area contributed by atoms with Crippen molar-refractivity contribution in [3.8, 4) is 0 Å². The second-order valence-electron chi connectivity index (χ2n) is 4.71. The molecule has 0 saturated heterocycles. The van der Waals surface area contributed by atoms with E-state index in [1.165, 1.54) is 0 Å². The number of amides is 1.